The Morgan fingerprint density at radius 2 is 2.26 bits per heavy atom. The van der Waals surface area contributed by atoms with Gasteiger partial charge in [0.15, 0.2) is 0 Å². The minimum absolute atomic E-state index is 0.367. The molecule has 2 atom stereocenters. The van der Waals surface area contributed by atoms with Gasteiger partial charge in [-0.2, -0.15) is 0 Å². The Hall–Kier alpha value is -1.44. The largest absolute Gasteiger partial charge is 0.490 e. The zero-order chi connectivity index (χ0) is 13.7. The molecule has 1 saturated carbocycles. The molecule has 2 unspecified atom stereocenters. The van der Waals surface area contributed by atoms with Crippen LogP contribution in [0.1, 0.15) is 44.6 Å². The highest BCUT2D eigenvalue weighted by Crippen LogP contribution is 2.31. The monoisotopic (exact) mass is 259 g/mol. The Morgan fingerprint density at radius 3 is 3.00 bits per heavy atom. The first-order chi connectivity index (χ1) is 9.22. The fraction of sp³-hybridized carbons (Fsp3) is 0.529. The summed E-state index contributed by atoms with van der Waals surface area (Å²) in [5, 5.41) is 0. The summed E-state index contributed by atoms with van der Waals surface area (Å²) in [4.78, 5) is 0. The lowest BCUT2D eigenvalue weighted by Crippen LogP contribution is -2.25. The molecule has 2 rings (SSSR count). The Labute approximate surface area is 116 Å². The van der Waals surface area contributed by atoms with Crippen molar-refractivity contribution in [3.05, 3.63) is 36.4 Å². The molecule has 1 aromatic carbocycles. The summed E-state index contributed by atoms with van der Waals surface area (Å²) in [6.45, 7) is 6.08. The minimum Gasteiger partial charge on any atom is -0.490 e. The standard InChI is InChI=1S/C17H25NO/c1-3-6-14-12-15(18)9-10-17(14)19-16-8-5-7-13(4-2)11-16/h3,9-10,12-13,16H,1,4-8,11,18H2,2H3. The van der Waals surface area contributed by atoms with Crippen LogP contribution in [0.25, 0.3) is 0 Å². The summed E-state index contributed by atoms with van der Waals surface area (Å²) in [5.74, 6) is 1.81. The van der Waals surface area contributed by atoms with E-state index in [0.717, 1.165) is 29.3 Å². The van der Waals surface area contributed by atoms with Crippen molar-refractivity contribution >= 4 is 5.69 Å². The number of ether oxygens (including phenoxy) is 1. The molecule has 0 radical (unpaired) electrons. The number of nitrogen functional groups attached to an aromatic ring is 1. The summed E-state index contributed by atoms with van der Waals surface area (Å²) < 4.78 is 6.22. The molecule has 1 aromatic rings. The van der Waals surface area contributed by atoms with Crippen LogP contribution in [0, 0.1) is 5.92 Å². The highest BCUT2D eigenvalue weighted by molar-refractivity contribution is 5.48. The lowest BCUT2D eigenvalue weighted by Gasteiger charge is -2.29. The van der Waals surface area contributed by atoms with Crippen LogP contribution in [0.3, 0.4) is 0 Å². The summed E-state index contributed by atoms with van der Waals surface area (Å²) in [6, 6.07) is 5.92. The van der Waals surface area contributed by atoms with E-state index in [0.29, 0.717) is 6.10 Å². The van der Waals surface area contributed by atoms with E-state index >= 15 is 0 Å². The van der Waals surface area contributed by atoms with Crippen molar-refractivity contribution in [2.75, 3.05) is 5.73 Å². The number of hydrogen-bond donors (Lipinski definition) is 1. The van der Waals surface area contributed by atoms with Gasteiger partial charge in [0.05, 0.1) is 6.10 Å². The molecule has 0 heterocycles. The molecule has 2 nitrogen and oxygen atoms in total. The molecule has 0 aliphatic heterocycles. The van der Waals surface area contributed by atoms with Gasteiger partial charge in [0.2, 0.25) is 0 Å². The molecule has 0 amide bonds. The maximum absolute atomic E-state index is 6.22. The highest BCUT2D eigenvalue weighted by Gasteiger charge is 2.22. The van der Waals surface area contributed by atoms with Gasteiger partial charge in [-0.05, 0) is 55.4 Å². The fourth-order valence-electron chi connectivity index (χ4n) is 2.93. The zero-order valence-electron chi connectivity index (χ0n) is 11.9. The second kappa shape index (κ2) is 6.65. The van der Waals surface area contributed by atoms with Crippen molar-refractivity contribution in [1.82, 2.24) is 0 Å². The fourth-order valence-corrected chi connectivity index (χ4v) is 2.93. The molecule has 2 heteroatoms. The van der Waals surface area contributed by atoms with Crippen molar-refractivity contribution in [2.24, 2.45) is 5.92 Å². The van der Waals surface area contributed by atoms with E-state index < -0.39 is 0 Å². The van der Waals surface area contributed by atoms with E-state index in [1.54, 1.807) is 0 Å². The number of allylic oxidation sites excluding steroid dienone is 1. The Kier molecular flexibility index (Phi) is 4.89. The van der Waals surface area contributed by atoms with E-state index in [-0.39, 0.29) is 0 Å². The van der Waals surface area contributed by atoms with Gasteiger partial charge in [-0.15, -0.1) is 6.58 Å². The molecular formula is C17H25NO. The van der Waals surface area contributed by atoms with Gasteiger partial charge in [0.25, 0.3) is 0 Å². The van der Waals surface area contributed by atoms with Crippen LogP contribution in [0.2, 0.25) is 0 Å². The van der Waals surface area contributed by atoms with Gasteiger partial charge >= 0.3 is 0 Å². The first-order valence-corrected chi connectivity index (χ1v) is 7.38. The molecule has 2 N–H and O–H groups in total. The number of hydrogen-bond acceptors (Lipinski definition) is 2. The van der Waals surface area contributed by atoms with Crippen LogP contribution >= 0.6 is 0 Å². The maximum Gasteiger partial charge on any atom is 0.123 e. The average molecular weight is 259 g/mol. The van der Waals surface area contributed by atoms with Crippen molar-refractivity contribution in [2.45, 2.75) is 51.6 Å². The Balaban J connectivity index is 2.07. The summed E-state index contributed by atoms with van der Waals surface area (Å²) >= 11 is 0. The molecule has 19 heavy (non-hydrogen) atoms. The third-order valence-corrected chi connectivity index (χ3v) is 4.05. The topological polar surface area (TPSA) is 35.2 Å². The highest BCUT2D eigenvalue weighted by atomic mass is 16.5. The third-order valence-electron chi connectivity index (χ3n) is 4.05. The molecule has 1 fully saturated rings. The molecule has 1 aliphatic rings. The number of anilines is 1. The minimum atomic E-state index is 0.367. The van der Waals surface area contributed by atoms with Gasteiger partial charge in [-0.3, -0.25) is 0 Å². The van der Waals surface area contributed by atoms with E-state index in [1.165, 1.54) is 32.1 Å². The van der Waals surface area contributed by atoms with Gasteiger partial charge in [-0.25, -0.2) is 0 Å². The summed E-state index contributed by atoms with van der Waals surface area (Å²) in [5.41, 5.74) is 7.78. The molecular weight excluding hydrogens is 234 g/mol. The van der Waals surface area contributed by atoms with Crippen molar-refractivity contribution in [3.63, 3.8) is 0 Å². The van der Waals surface area contributed by atoms with Gasteiger partial charge in [-0.1, -0.05) is 25.8 Å². The summed E-state index contributed by atoms with van der Waals surface area (Å²) in [6.07, 6.45) is 9.35. The lowest BCUT2D eigenvalue weighted by molar-refractivity contribution is 0.121. The van der Waals surface area contributed by atoms with Crippen molar-refractivity contribution < 1.29 is 4.74 Å². The first kappa shape index (κ1) is 14.0. The SMILES string of the molecule is C=CCc1cc(N)ccc1OC1CCCC(CC)C1. The predicted molar refractivity (Wildman–Crippen MR) is 81.4 cm³/mol. The number of nitrogens with two attached hydrogens (primary N) is 1. The van der Waals surface area contributed by atoms with E-state index in [2.05, 4.69) is 13.5 Å². The van der Waals surface area contributed by atoms with E-state index in [1.807, 2.05) is 24.3 Å². The van der Waals surface area contributed by atoms with Crippen LogP contribution in [0.4, 0.5) is 5.69 Å². The molecule has 0 aromatic heterocycles. The van der Waals surface area contributed by atoms with Crippen LogP contribution in [0.5, 0.6) is 5.75 Å². The van der Waals surface area contributed by atoms with Crippen molar-refractivity contribution in [1.29, 1.82) is 0 Å². The second-order valence-electron chi connectivity index (χ2n) is 5.54. The van der Waals surface area contributed by atoms with Crippen molar-refractivity contribution in [3.8, 4) is 5.75 Å². The predicted octanol–water partition coefficient (Wildman–Crippen LogP) is 4.34. The maximum atomic E-state index is 6.22. The van der Waals surface area contributed by atoms with Crippen LogP contribution in [-0.4, -0.2) is 6.10 Å². The molecule has 1 aliphatic carbocycles. The smallest absolute Gasteiger partial charge is 0.123 e. The van der Waals surface area contributed by atoms with Gasteiger partial charge in [0.1, 0.15) is 5.75 Å². The Morgan fingerprint density at radius 1 is 1.42 bits per heavy atom. The first-order valence-electron chi connectivity index (χ1n) is 7.38. The molecule has 104 valence electrons. The zero-order valence-corrected chi connectivity index (χ0v) is 11.9. The summed E-state index contributed by atoms with van der Waals surface area (Å²) in [7, 11) is 0. The van der Waals surface area contributed by atoms with E-state index in [4.69, 9.17) is 10.5 Å². The van der Waals surface area contributed by atoms with Crippen LogP contribution < -0.4 is 10.5 Å². The van der Waals surface area contributed by atoms with Crippen LogP contribution in [-0.2, 0) is 6.42 Å². The van der Waals surface area contributed by atoms with Crippen LogP contribution in [0.15, 0.2) is 30.9 Å². The second-order valence-corrected chi connectivity index (χ2v) is 5.54. The number of rotatable bonds is 5. The lowest BCUT2D eigenvalue weighted by atomic mass is 9.85. The normalized spacial score (nSPS) is 23.0. The van der Waals surface area contributed by atoms with Gasteiger partial charge in [0, 0.05) is 5.69 Å². The molecule has 0 bridgehead atoms. The quantitative estimate of drug-likeness (QED) is 0.630. The average Bonchev–Trinajstić information content (AvgIpc) is 2.42. The molecule has 0 saturated heterocycles. The van der Waals surface area contributed by atoms with Gasteiger partial charge < -0.3 is 10.5 Å². The Bertz CT molecular complexity index is 427. The number of benzene rings is 1. The van der Waals surface area contributed by atoms with E-state index in [9.17, 15) is 0 Å². The third kappa shape index (κ3) is 3.76. The molecule has 0 spiro atoms.